The van der Waals surface area contributed by atoms with Crippen molar-refractivity contribution in [2.45, 2.75) is 32.7 Å². The van der Waals surface area contributed by atoms with E-state index in [9.17, 15) is 9.18 Å². The molecule has 0 unspecified atom stereocenters. The van der Waals surface area contributed by atoms with E-state index in [4.69, 9.17) is 4.74 Å². The molecule has 0 aliphatic heterocycles. The first-order valence-corrected chi connectivity index (χ1v) is 7.79. The lowest BCUT2D eigenvalue weighted by molar-refractivity contribution is -0.121. The van der Waals surface area contributed by atoms with Gasteiger partial charge >= 0.3 is 0 Å². The molecule has 0 bridgehead atoms. The summed E-state index contributed by atoms with van der Waals surface area (Å²) in [5.41, 5.74) is 2.07. The third-order valence-electron chi connectivity index (χ3n) is 3.59. The molecule has 1 atom stereocenters. The monoisotopic (exact) mass is 315 g/mol. The molecule has 0 aliphatic rings. The molecule has 2 aromatic carbocycles. The second kappa shape index (κ2) is 8.32. The van der Waals surface area contributed by atoms with Gasteiger partial charge in [0.25, 0.3) is 0 Å². The van der Waals surface area contributed by atoms with Gasteiger partial charge in [-0.05, 0) is 50.1 Å². The first-order chi connectivity index (χ1) is 11.0. The Morgan fingerprint density at radius 1 is 1.13 bits per heavy atom. The Labute approximate surface area is 136 Å². The van der Waals surface area contributed by atoms with Crippen LogP contribution in [-0.2, 0) is 4.79 Å². The Kier molecular flexibility index (Phi) is 6.15. The SMILES string of the molecule is Cc1ccc(OCCCC(=O)N[C@H](C)c2ccc(F)cc2)cc1. The summed E-state index contributed by atoms with van der Waals surface area (Å²) in [5, 5.41) is 2.90. The molecule has 23 heavy (non-hydrogen) atoms. The van der Waals surface area contributed by atoms with Crippen molar-refractivity contribution in [2.24, 2.45) is 0 Å². The van der Waals surface area contributed by atoms with Crippen molar-refractivity contribution in [3.63, 3.8) is 0 Å². The molecule has 2 aromatic rings. The number of hydrogen-bond acceptors (Lipinski definition) is 2. The molecule has 0 saturated heterocycles. The fraction of sp³-hybridized carbons (Fsp3) is 0.316. The minimum absolute atomic E-state index is 0.0330. The highest BCUT2D eigenvalue weighted by Gasteiger charge is 2.09. The topological polar surface area (TPSA) is 38.3 Å². The van der Waals surface area contributed by atoms with Crippen LogP contribution in [0.1, 0.15) is 36.9 Å². The third-order valence-corrected chi connectivity index (χ3v) is 3.59. The van der Waals surface area contributed by atoms with Crippen LogP contribution in [0.3, 0.4) is 0 Å². The zero-order valence-electron chi connectivity index (χ0n) is 13.5. The van der Waals surface area contributed by atoms with Gasteiger partial charge in [0.1, 0.15) is 11.6 Å². The van der Waals surface area contributed by atoms with Gasteiger partial charge in [0.15, 0.2) is 0 Å². The van der Waals surface area contributed by atoms with Crippen LogP contribution in [0.5, 0.6) is 5.75 Å². The highest BCUT2D eigenvalue weighted by Crippen LogP contribution is 2.14. The molecule has 122 valence electrons. The van der Waals surface area contributed by atoms with Crippen LogP contribution in [0.15, 0.2) is 48.5 Å². The minimum atomic E-state index is -0.277. The second-order valence-electron chi connectivity index (χ2n) is 5.61. The zero-order chi connectivity index (χ0) is 16.7. The molecule has 2 rings (SSSR count). The van der Waals surface area contributed by atoms with Gasteiger partial charge in [0.05, 0.1) is 12.6 Å². The van der Waals surface area contributed by atoms with E-state index in [0.717, 1.165) is 11.3 Å². The van der Waals surface area contributed by atoms with E-state index in [1.165, 1.54) is 17.7 Å². The Balaban J connectivity index is 1.68. The van der Waals surface area contributed by atoms with Crippen LogP contribution in [0.25, 0.3) is 0 Å². The van der Waals surface area contributed by atoms with Crippen molar-refractivity contribution in [3.05, 3.63) is 65.5 Å². The van der Waals surface area contributed by atoms with Crippen LogP contribution < -0.4 is 10.1 Å². The van der Waals surface area contributed by atoms with Crippen molar-refractivity contribution in [3.8, 4) is 5.75 Å². The molecular formula is C19H22FNO2. The molecule has 0 aliphatic carbocycles. The van der Waals surface area contributed by atoms with Crippen LogP contribution in [0.4, 0.5) is 4.39 Å². The average Bonchev–Trinajstić information content (AvgIpc) is 2.54. The van der Waals surface area contributed by atoms with Crippen LogP contribution in [-0.4, -0.2) is 12.5 Å². The van der Waals surface area contributed by atoms with Crippen molar-refractivity contribution in [1.82, 2.24) is 5.32 Å². The summed E-state index contributed by atoms with van der Waals surface area (Å²) >= 11 is 0. The van der Waals surface area contributed by atoms with Crippen molar-refractivity contribution >= 4 is 5.91 Å². The molecule has 1 N–H and O–H groups in total. The van der Waals surface area contributed by atoms with Gasteiger partial charge in [0.2, 0.25) is 5.91 Å². The molecule has 4 heteroatoms. The lowest BCUT2D eigenvalue weighted by Crippen LogP contribution is -2.26. The minimum Gasteiger partial charge on any atom is -0.494 e. The summed E-state index contributed by atoms with van der Waals surface area (Å²) in [6.45, 7) is 4.41. The molecular weight excluding hydrogens is 293 g/mol. The van der Waals surface area contributed by atoms with Gasteiger partial charge in [-0.3, -0.25) is 4.79 Å². The number of halogens is 1. The normalized spacial score (nSPS) is 11.8. The Morgan fingerprint density at radius 2 is 1.78 bits per heavy atom. The molecule has 0 fully saturated rings. The van der Waals surface area contributed by atoms with Crippen molar-refractivity contribution < 1.29 is 13.9 Å². The average molecular weight is 315 g/mol. The molecule has 0 aromatic heterocycles. The van der Waals surface area contributed by atoms with E-state index in [2.05, 4.69) is 5.32 Å². The molecule has 3 nitrogen and oxygen atoms in total. The predicted octanol–water partition coefficient (Wildman–Crippen LogP) is 4.17. The predicted molar refractivity (Wildman–Crippen MR) is 88.9 cm³/mol. The van der Waals surface area contributed by atoms with Crippen LogP contribution in [0.2, 0.25) is 0 Å². The first kappa shape index (κ1) is 17.0. The van der Waals surface area contributed by atoms with E-state index in [1.807, 2.05) is 38.1 Å². The number of amides is 1. The summed E-state index contributed by atoms with van der Waals surface area (Å²) in [5.74, 6) is 0.505. The zero-order valence-corrected chi connectivity index (χ0v) is 13.5. The summed E-state index contributed by atoms with van der Waals surface area (Å²) in [7, 11) is 0. The number of ether oxygens (including phenoxy) is 1. The molecule has 1 amide bonds. The van der Waals surface area contributed by atoms with E-state index >= 15 is 0 Å². The van der Waals surface area contributed by atoms with Gasteiger partial charge in [0, 0.05) is 6.42 Å². The third kappa shape index (κ3) is 5.74. The lowest BCUT2D eigenvalue weighted by Gasteiger charge is -2.14. The highest BCUT2D eigenvalue weighted by molar-refractivity contribution is 5.76. The maximum atomic E-state index is 12.9. The van der Waals surface area contributed by atoms with Gasteiger partial charge in [-0.1, -0.05) is 29.8 Å². The summed E-state index contributed by atoms with van der Waals surface area (Å²) in [4.78, 5) is 11.9. The van der Waals surface area contributed by atoms with Gasteiger partial charge in [-0.15, -0.1) is 0 Å². The largest absolute Gasteiger partial charge is 0.494 e. The fourth-order valence-electron chi connectivity index (χ4n) is 2.21. The van der Waals surface area contributed by atoms with E-state index in [0.29, 0.717) is 19.4 Å². The number of nitrogens with one attached hydrogen (secondary N) is 1. The number of rotatable bonds is 7. The highest BCUT2D eigenvalue weighted by atomic mass is 19.1. The summed E-state index contributed by atoms with van der Waals surface area (Å²) in [6, 6.07) is 13.8. The van der Waals surface area contributed by atoms with Gasteiger partial charge < -0.3 is 10.1 Å². The smallest absolute Gasteiger partial charge is 0.220 e. The fourth-order valence-corrected chi connectivity index (χ4v) is 2.21. The maximum absolute atomic E-state index is 12.9. The van der Waals surface area contributed by atoms with Crippen molar-refractivity contribution in [2.75, 3.05) is 6.61 Å². The van der Waals surface area contributed by atoms with Gasteiger partial charge in [-0.25, -0.2) is 4.39 Å². The molecule has 0 heterocycles. The standard InChI is InChI=1S/C19H22FNO2/c1-14-5-11-18(12-6-14)23-13-3-4-19(22)21-15(2)16-7-9-17(20)10-8-16/h5-12,15H,3-4,13H2,1-2H3,(H,21,22)/t15-/m1/s1. The summed E-state index contributed by atoms with van der Waals surface area (Å²) in [6.07, 6.45) is 1.05. The van der Waals surface area contributed by atoms with E-state index in [1.54, 1.807) is 12.1 Å². The van der Waals surface area contributed by atoms with Gasteiger partial charge in [-0.2, -0.15) is 0 Å². The lowest BCUT2D eigenvalue weighted by atomic mass is 10.1. The van der Waals surface area contributed by atoms with E-state index in [-0.39, 0.29) is 17.8 Å². The quantitative estimate of drug-likeness (QED) is 0.779. The first-order valence-electron chi connectivity index (χ1n) is 7.79. The Bertz CT molecular complexity index is 623. The molecule has 0 spiro atoms. The number of hydrogen-bond donors (Lipinski definition) is 1. The number of aryl methyl sites for hydroxylation is 1. The molecule has 0 saturated carbocycles. The van der Waals surface area contributed by atoms with E-state index < -0.39 is 0 Å². The van der Waals surface area contributed by atoms with Crippen molar-refractivity contribution in [1.29, 1.82) is 0 Å². The Hall–Kier alpha value is -2.36. The van der Waals surface area contributed by atoms with Crippen LogP contribution >= 0.6 is 0 Å². The summed E-state index contributed by atoms with van der Waals surface area (Å²) < 4.78 is 18.5. The number of benzene rings is 2. The number of carbonyl (C=O) groups is 1. The number of carbonyl (C=O) groups excluding carboxylic acids is 1. The molecule has 0 radical (unpaired) electrons. The maximum Gasteiger partial charge on any atom is 0.220 e. The van der Waals surface area contributed by atoms with Crippen LogP contribution in [0, 0.1) is 12.7 Å². The Morgan fingerprint density at radius 3 is 2.43 bits per heavy atom. The second-order valence-corrected chi connectivity index (χ2v) is 5.61.